The van der Waals surface area contributed by atoms with E-state index in [-0.39, 0.29) is 12.3 Å². The average molecular weight is 306 g/mol. The number of nitrogens with one attached hydrogen (secondary N) is 1. The monoisotopic (exact) mass is 306 g/mol. The maximum absolute atomic E-state index is 10.9. The summed E-state index contributed by atoms with van der Waals surface area (Å²) in [6.07, 6.45) is 4.90. The fourth-order valence-electron chi connectivity index (χ4n) is 3.62. The largest absolute Gasteiger partial charge is 0.369 e. The molecule has 0 bridgehead atoms. The third kappa shape index (κ3) is 3.64. The van der Waals surface area contributed by atoms with E-state index in [9.17, 15) is 4.79 Å². The molecule has 2 fully saturated rings. The van der Waals surface area contributed by atoms with Gasteiger partial charge in [0, 0.05) is 12.0 Å². The summed E-state index contributed by atoms with van der Waals surface area (Å²) < 4.78 is 0. The molecule has 2 aliphatic heterocycles. The Morgan fingerprint density at radius 1 is 1.23 bits per heavy atom. The Hall–Kier alpha value is -1.47. The van der Waals surface area contributed by atoms with Gasteiger partial charge in [-0.05, 0) is 58.9 Å². The van der Waals surface area contributed by atoms with Gasteiger partial charge in [-0.25, -0.2) is 4.98 Å². The van der Waals surface area contributed by atoms with Crippen molar-refractivity contribution in [3.8, 4) is 0 Å². The SMILES string of the molecule is CN1CCC(N2CCC(c3n[nH]c(CC(N)=O)n3)CC2)CC1. The lowest BCUT2D eigenvalue weighted by Crippen LogP contribution is -2.46. The molecule has 1 aromatic heterocycles. The zero-order chi connectivity index (χ0) is 15.5. The number of likely N-dealkylation sites (tertiary alicyclic amines) is 2. The fourth-order valence-corrected chi connectivity index (χ4v) is 3.62. The molecule has 3 heterocycles. The summed E-state index contributed by atoms with van der Waals surface area (Å²) in [6.45, 7) is 4.67. The van der Waals surface area contributed by atoms with Crippen LogP contribution in [0.15, 0.2) is 0 Å². The van der Waals surface area contributed by atoms with E-state index >= 15 is 0 Å². The van der Waals surface area contributed by atoms with Crippen molar-refractivity contribution in [3.05, 3.63) is 11.6 Å². The van der Waals surface area contributed by atoms with Crippen LogP contribution >= 0.6 is 0 Å². The Balaban J connectivity index is 1.51. The Morgan fingerprint density at radius 3 is 2.55 bits per heavy atom. The van der Waals surface area contributed by atoms with Gasteiger partial charge in [-0.2, -0.15) is 5.10 Å². The van der Waals surface area contributed by atoms with Crippen LogP contribution in [-0.4, -0.2) is 70.2 Å². The number of H-pyrrole nitrogens is 1. The first-order valence-corrected chi connectivity index (χ1v) is 8.24. The second-order valence-corrected chi connectivity index (χ2v) is 6.63. The first-order chi connectivity index (χ1) is 10.6. The number of carbonyl (C=O) groups excluding carboxylic acids is 1. The van der Waals surface area contributed by atoms with Gasteiger partial charge < -0.3 is 15.5 Å². The van der Waals surface area contributed by atoms with Crippen LogP contribution in [0.2, 0.25) is 0 Å². The van der Waals surface area contributed by atoms with E-state index in [0.29, 0.717) is 11.7 Å². The summed E-state index contributed by atoms with van der Waals surface area (Å²) in [5.41, 5.74) is 5.19. The van der Waals surface area contributed by atoms with Crippen LogP contribution in [0, 0.1) is 0 Å². The molecule has 22 heavy (non-hydrogen) atoms. The van der Waals surface area contributed by atoms with Crippen molar-refractivity contribution in [3.63, 3.8) is 0 Å². The quantitative estimate of drug-likeness (QED) is 0.823. The van der Waals surface area contributed by atoms with Gasteiger partial charge >= 0.3 is 0 Å². The molecule has 2 saturated heterocycles. The number of nitrogens with zero attached hydrogens (tertiary/aromatic N) is 4. The third-order valence-corrected chi connectivity index (χ3v) is 4.99. The number of aromatic amines is 1. The van der Waals surface area contributed by atoms with Gasteiger partial charge in [0.15, 0.2) is 5.82 Å². The predicted octanol–water partition coefficient (Wildman–Crippen LogP) is 0.106. The number of nitrogens with two attached hydrogens (primary N) is 1. The summed E-state index contributed by atoms with van der Waals surface area (Å²) in [4.78, 5) is 20.4. The zero-order valence-electron chi connectivity index (χ0n) is 13.3. The number of carbonyl (C=O) groups is 1. The Bertz CT molecular complexity index is 500. The minimum absolute atomic E-state index is 0.140. The molecule has 7 heteroatoms. The van der Waals surface area contributed by atoms with Crippen molar-refractivity contribution in [2.45, 2.75) is 44.1 Å². The molecule has 0 atom stereocenters. The molecule has 2 aliphatic rings. The third-order valence-electron chi connectivity index (χ3n) is 4.99. The van der Waals surface area contributed by atoms with E-state index in [4.69, 9.17) is 5.73 Å². The highest BCUT2D eigenvalue weighted by Gasteiger charge is 2.29. The number of hydrogen-bond donors (Lipinski definition) is 2. The standard InChI is InChI=1S/C15H26N6O/c1-20-6-4-12(5-7-20)21-8-2-11(3-9-21)15-17-14(18-19-15)10-13(16)22/h11-12H,2-10H2,1H3,(H2,16,22)(H,17,18,19). The minimum atomic E-state index is -0.375. The lowest BCUT2D eigenvalue weighted by atomic mass is 9.93. The number of hydrogen-bond acceptors (Lipinski definition) is 5. The molecular weight excluding hydrogens is 280 g/mol. The molecule has 3 rings (SSSR count). The summed E-state index contributed by atoms with van der Waals surface area (Å²) in [7, 11) is 2.20. The number of piperidine rings is 2. The summed E-state index contributed by atoms with van der Waals surface area (Å²) in [5, 5.41) is 7.10. The van der Waals surface area contributed by atoms with Crippen LogP contribution < -0.4 is 5.73 Å². The van der Waals surface area contributed by atoms with E-state index in [2.05, 4.69) is 32.0 Å². The van der Waals surface area contributed by atoms with E-state index in [0.717, 1.165) is 37.8 Å². The normalized spacial score (nSPS) is 23.0. The van der Waals surface area contributed by atoms with Crippen molar-refractivity contribution < 1.29 is 4.79 Å². The number of amides is 1. The van der Waals surface area contributed by atoms with Crippen LogP contribution in [0.1, 0.15) is 43.3 Å². The maximum atomic E-state index is 10.9. The van der Waals surface area contributed by atoms with Gasteiger partial charge in [-0.3, -0.25) is 9.89 Å². The van der Waals surface area contributed by atoms with Crippen molar-refractivity contribution in [2.24, 2.45) is 5.73 Å². The number of primary amides is 1. The molecule has 1 amide bonds. The number of aromatic nitrogens is 3. The second kappa shape index (κ2) is 6.75. The van der Waals surface area contributed by atoms with Gasteiger partial charge in [0.2, 0.25) is 5.91 Å². The molecule has 0 unspecified atom stereocenters. The smallest absolute Gasteiger partial charge is 0.225 e. The lowest BCUT2D eigenvalue weighted by molar-refractivity contribution is -0.117. The van der Waals surface area contributed by atoms with Crippen LogP contribution in [0.5, 0.6) is 0 Å². The molecular formula is C15H26N6O. The van der Waals surface area contributed by atoms with Crippen LogP contribution in [-0.2, 0) is 11.2 Å². The highest BCUT2D eigenvalue weighted by Crippen LogP contribution is 2.28. The van der Waals surface area contributed by atoms with Crippen molar-refractivity contribution in [1.29, 1.82) is 0 Å². The van der Waals surface area contributed by atoms with Gasteiger partial charge in [-0.1, -0.05) is 0 Å². The predicted molar refractivity (Wildman–Crippen MR) is 83.3 cm³/mol. The maximum Gasteiger partial charge on any atom is 0.225 e. The van der Waals surface area contributed by atoms with Gasteiger partial charge in [-0.15, -0.1) is 0 Å². The highest BCUT2D eigenvalue weighted by molar-refractivity contribution is 5.75. The van der Waals surface area contributed by atoms with E-state index in [1.807, 2.05) is 0 Å². The van der Waals surface area contributed by atoms with E-state index < -0.39 is 0 Å². The molecule has 0 aliphatic carbocycles. The van der Waals surface area contributed by atoms with Crippen molar-refractivity contribution in [2.75, 3.05) is 33.2 Å². The van der Waals surface area contributed by atoms with Crippen LogP contribution in [0.4, 0.5) is 0 Å². The average Bonchev–Trinajstić information content (AvgIpc) is 2.96. The van der Waals surface area contributed by atoms with Crippen LogP contribution in [0.3, 0.4) is 0 Å². The van der Waals surface area contributed by atoms with Gasteiger partial charge in [0.25, 0.3) is 0 Å². The van der Waals surface area contributed by atoms with Gasteiger partial charge in [0.1, 0.15) is 5.82 Å². The molecule has 1 aromatic rings. The van der Waals surface area contributed by atoms with Crippen molar-refractivity contribution >= 4 is 5.91 Å². The minimum Gasteiger partial charge on any atom is -0.369 e. The Kier molecular flexibility index (Phi) is 4.73. The molecule has 0 spiro atoms. The van der Waals surface area contributed by atoms with Crippen LogP contribution in [0.25, 0.3) is 0 Å². The van der Waals surface area contributed by atoms with E-state index in [1.54, 1.807) is 0 Å². The topological polar surface area (TPSA) is 91.1 Å². The lowest BCUT2D eigenvalue weighted by Gasteiger charge is -2.40. The Morgan fingerprint density at radius 2 is 1.91 bits per heavy atom. The fraction of sp³-hybridized carbons (Fsp3) is 0.800. The zero-order valence-corrected chi connectivity index (χ0v) is 13.3. The summed E-state index contributed by atoms with van der Waals surface area (Å²) in [6, 6.07) is 0.745. The molecule has 7 nitrogen and oxygen atoms in total. The van der Waals surface area contributed by atoms with Gasteiger partial charge in [0.05, 0.1) is 6.42 Å². The molecule has 122 valence electrons. The first-order valence-electron chi connectivity index (χ1n) is 8.24. The summed E-state index contributed by atoms with van der Waals surface area (Å²) in [5.74, 6) is 1.46. The first kappa shape index (κ1) is 15.4. The summed E-state index contributed by atoms with van der Waals surface area (Å²) >= 11 is 0. The Labute approximate surface area is 131 Å². The van der Waals surface area contributed by atoms with E-state index in [1.165, 1.54) is 25.9 Å². The molecule has 3 N–H and O–H groups in total. The number of rotatable bonds is 4. The molecule has 0 aromatic carbocycles. The molecule has 0 saturated carbocycles. The van der Waals surface area contributed by atoms with Crippen molar-refractivity contribution in [1.82, 2.24) is 25.0 Å². The molecule has 0 radical (unpaired) electrons. The highest BCUT2D eigenvalue weighted by atomic mass is 16.1. The second-order valence-electron chi connectivity index (χ2n) is 6.63.